The molecule has 0 heterocycles. The summed E-state index contributed by atoms with van der Waals surface area (Å²) in [5, 5.41) is 8.63. The lowest BCUT2D eigenvalue weighted by atomic mass is 10.1. The second-order valence-corrected chi connectivity index (χ2v) is 5.82. The molecule has 0 aliphatic heterocycles. The van der Waals surface area contributed by atoms with Gasteiger partial charge < -0.3 is 5.11 Å². The molecular formula is C13H17NO3S. The van der Waals surface area contributed by atoms with Crippen LogP contribution in [-0.2, 0) is 10.0 Å². The Balaban J connectivity index is 2.99. The topological polar surface area (TPSA) is 66.4 Å². The summed E-state index contributed by atoms with van der Waals surface area (Å²) < 4.78 is 25.5. The summed E-state index contributed by atoms with van der Waals surface area (Å²) in [6.07, 6.45) is 0.407. The van der Waals surface area contributed by atoms with Crippen molar-refractivity contribution in [2.45, 2.75) is 20.3 Å². The van der Waals surface area contributed by atoms with Crippen molar-refractivity contribution in [1.82, 2.24) is 0 Å². The van der Waals surface area contributed by atoms with Gasteiger partial charge in [0, 0.05) is 12.0 Å². The first kappa shape index (κ1) is 14.6. The van der Waals surface area contributed by atoms with E-state index in [-0.39, 0.29) is 12.4 Å². The monoisotopic (exact) mass is 267 g/mol. The van der Waals surface area contributed by atoms with Gasteiger partial charge in [-0.3, -0.25) is 4.72 Å². The number of benzene rings is 1. The van der Waals surface area contributed by atoms with Gasteiger partial charge >= 0.3 is 0 Å². The van der Waals surface area contributed by atoms with Gasteiger partial charge in [-0.05, 0) is 31.5 Å². The van der Waals surface area contributed by atoms with Crippen LogP contribution in [0.1, 0.15) is 24.5 Å². The lowest BCUT2D eigenvalue weighted by Gasteiger charge is -2.09. The zero-order chi connectivity index (χ0) is 13.6. The van der Waals surface area contributed by atoms with Crippen molar-refractivity contribution in [2.24, 2.45) is 0 Å². The van der Waals surface area contributed by atoms with E-state index >= 15 is 0 Å². The zero-order valence-corrected chi connectivity index (χ0v) is 11.3. The van der Waals surface area contributed by atoms with Gasteiger partial charge in [-0.25, -0.2) is 8.42 Å². The molecule has 4 nitrogen and oxygen atoms in total. The average molecular weight is 267 g/mol. The molecule has 0 aromatic heterocycles. The maximum absolute atomic E-state index is 11.5. The molecule has 18 heavy (non-hydrogen) atoms. The minimum absolute atomic E-state index is 0.0220. The molecule has 2 N–H and O–H groups in total. The molecule has 1 aromatic carbocycles. The third-order valence-electron chi connectivity index (χ3n) is 2.35. The van der Waals surface area contributed by atoms with Crippen LogP contribution < -0.4 is 4.72 Å². The van der Waals surface area contributed by atoms with E-state index in [4.69, 9.17) is 5.11 Å². The number of rotatable bonds is 4. The Morgan fingerprint density at radius 3 is 2.72 bits per heavy atom. The van der Waals surface area contributed by atoms with Crippen LogP contribution in [0, 0.1) is 18.8 Å². The highest BCUT2D eigenvalue weighted by molar-refractivity contribution is 7.92. The number of aliphatic hydroxyl groups excluding tert-OH is 1. The fraction of sp³-hybridized carbons (Fsp3) is 0.385. The standard InChI is InChI=1S/C13H17NO3S/c1-3-18(16,17)14-13-10-12(6-4-5-9-15)8-7-11(13)2/h7-8,10,14-15H,3,5,9H2,1-2H3. The van der Waals surface area contributed by atoms with Gasteiger partial charge in [-0.15, -0.1) is 0 Å². The molecule has 1 rings (SSSR count). The van der Waals surface area contributed by atoms with Crippen LogP contribution in [0.25, 0.3) is 0 Å². The highest BCUT2D eigenvalue weighted by Crippen LogP contribution is 2.17. The Kier molecular flexibility index (Phi) is 5.20. The quantitative estimate of drug-likeness (QED) is 0.812. The predicted octanol–water partition coefficient (Wildman–Crippen LogP) is 1.49. The summed E-state index contributed by atoms with van der Waals surface area (Å²) in [4.78, 5) is 0. The minimum atomic E-state index is -3.28. The zero-order valence-electron chi connectivity index (χ0n) is 10.5. The normalized spacial score (nSPS) is 10.6. The van der Waals surface area contributed by atoms with Crippen molar-refractivity contribution in [3.63, 3.8) is 0 Å². The second-order valence-electron chi connectivity index (χ2n) is 3.81. The van der Waals surface area contributed by atoms with Gasteiger partial charge in [0.2, 0.25) is 10.0 Å². The van der Waals surface area contributed by atoms with Gasteiger partial charge in [0.15, 0.2) is 0 Å². The maximum Gasteiger partial charge on any atom is 0.232 e. The highest BCUT2D eigenvalue weighted by Gasteiger charge is 2.08. The van der Waals surface area contributed by atoms with Crippen LogP contribution in [0.4, 0.5) is 5.69 Å². The van der Waals surface area contributed by atoms with E-state index in [0.29, 0.717) is 12.1 Å². The lowest BCUT2D eigenvalue weighted by molar-refractivity contribution is 0.305. The van der Waals surface area contributed by atoms with Gasteiger partial charge in [0.05, 0.1) is 18.0 Å². The first-order valence-corrected chi connectivity index (χ1v) is 7.34. The first-order chi connectivity index (χ1) is 8.48. The molecule has 98 valence electrons. The summed E-state index contributed by atoms with van der Waals surface area (Å²) in [7, 11) is -3.28. The Morgan fingerprint density at radius 2 is 2.11 bits per heavy atom. The summed E-state index contributed by atoms with van der Waals surface area (Å²) >= 11 is 0. The molecule has 5 heteroatoms. The Morgan fingerprint density at radius 1 is 1.39 bits per heavy atom. The van der Waals surface area contributed by atoms with Crippen molar-refractivity contribution < 1.29 is 13.5 Å². The third-order valence-corrected chi connectivity index (χ3v) is 3.64. The highest BCUT2D eigenvalue weighted by atomic mass is 32.2. The van der Waals surface area contributed by atoms with Crippen LogP contribution in [0.3, 0.4) is 0 Å². The third kappa shape index (κ3) is 4.40. The molecule has 0 aliphatic rings. The average Bonchev–Trinajstić information content (AvgIpc) is 2.33. The maximum atomic E-state index is 11.5. The molecule has 0 saturated heterocycles. The molecule has 0 aliphatic carbocycles. The number of nitrogens with one attached hydrogen (secondary N) is 1. The SMILES string of the molecule is CCS(=O)(=O)Nc1cc(C#CCCO)ccc1C. The van der Waals surface area contributed by atoms with Gasteiger partial charge in [-0.2, -0.15) is 0 Å². The number of hydrogen-bond donors (Lipinski definition) is 2. The summed E-state index contributed by atoms with van der Waals surface area (Å²) in [6.45, 7) is 3.44. The molecule has 0 amide bonds. The fourth-order valence-electron chi connectivity index (χ4n) is 1.27. The second kappa shape index (κ2) is 6.43. The molecule has 0 atom stereocenters. The minimum Gasteiger partial charge on any atom is -0.395 e. The largest absolute Gasteiger partial charge is 0.395 e. The van der Waals surface area contributed by atoms with Crippen molar-refractivity contribution >= 4 is 15.7 Å². The van der Waals surface area contributed by atoms with Crippen LogP contribution >= 0.6 is 0 Å². The van der Waals surface area contributed by atoms with Gasteiger partial charge in [0.1, 0.15) is 0 Å². The summed E-state index contributed by atoms with van der Waals surface area (Å²) in [6, 6.07) is 5.34. The molecule has 0 fully saturated rings. The molecule has 0 unspecified atom stereocenters. The van der Waals surface area contributed by atoms with Gasteiger partial charge in [-0.1, -0.05) is 17.9 Å². The fourth-order valence-corrected chi connectivity index (χ4v) is 1.97. The van der Waals surface area contributed by atoms with Crippen LogP contribution in [-0.4, -0.2) is 25.9 Å². The number of anilines is 1. The van der Waals surface area contributed by atoms with Crippen molar-refractivity contribution in [1.29, 1.82) is 0 Å². The lowest BCUT2D eigenvalue weighted by Crippen LogP contribution is -2.15. The van der Waals surface area contributed by atoms with Crippen molar-refractivity contribution in [3.05, 3.63) is 29.3 Å². The van der Waals surface area contributed by atoms with Crippen LogP contribution in [0.2, 0.25) is 0 Å². The Bertz CT molecular complexity index is 568. The molecule has 0 saturated carbocycles. The number of sulfonamides is 1. The van der Waals surface area contributed by atoms with E-state index < -0.39 is 10.0 Å². The molecule has 0 bridgehead atoms. The molecule has 0 radical (unpaired) electrons. The molecule has 1 aromatic rings. The Labute approximate surface area is 108 Å². The molecule has 0 spiro atoms. The first-order valence-electron chi connectivity index (χ1n) is 5.69. The smallest absolute Gasteiger partial charge is 0.232 e. The number of aryl methyl sites for hydroxylation is 1. The summed E-state index contributed by atoms with van der Waals surface area (Å²) in [5.41, 5.74) is 2.12. The van der Waals surface area contributed by atoms with E-state index in [9.17, 15) is 8.42 Å². The Hall–Kier alpha value is -1.51. The van der Waals surface area contributed by atoms with Crippen molar-refractivity contribution in [2.75, 3.05) is 17.1 Å². The van der Waals surface area contributed by atoms with E-state index in [1.165, 1.54) is 0 Å². The van der Waals surface area contributed by atoms with E-state index in [1.54, 1.807) is 13.0 Å². The number of aliphatic hydroxyl groups is 1. The van der Waals surface area contributed by atoms with Crippen LogP contribution in [0.15, 0.2) is 18.2 Å². The van der Waals surface area contributed by atoms with Crippen LogP contribution in [0.5, 0.6) is 0 Å². The van der Waals surface area contributed by atoms with E-state index in [1.807, 2.05) is 19.1 Å². The molecular weight excluding hydrogens is 250 g/mol. The predicted molar refractivity (Wildman–Crippen MR) is 72.8 cm³/mol. The van der Waals surface area contributed by atoms with Crippen molar-refractivity contribution in [3.8, 4) is 11.8 Å². The number of hydrogen-bond acceptors (Lipinski definition) is 3. The van der Waals surface area contributed by atoms with E-state index in [0.717, 1.165) is 11.1 Å². The summed E-state index contributed by atoms with van der Waals surface area (Å²) in [5.74, 6) is 5.70. The van der Waals surface area contributed by atoms with E-state index in [2.05, 4.69) is 16.6 Å². The van der Waals surface area contributed by atoms with Gasteiger partial charge in [0.25, 0.3) is 0 Å².